The minimum atomic E-state index is -0.369. The molecule has 3 heterocycles. The lowest BCUT2D eigenvalue weighted by Gasteiger charge is -2.23. The van der Waals surface area contributed by atoms with E-state index < -0.39 is 0 Å². The second kappa shape index (κ2) is 9.56. The molecule has 0 aliphatic carbocycles. The summed E-state index contributed by atoms with van der Waals surface area (Å²) in [7, 11) is 0. The first-order valence-corrected chi connectivity index (χ1v) is 11.8. The van der Waals surface area contributed by atoms with Gasteiger partial charge in [0.15, 0.2) is 11.5 Å². The molecule has 0 bridgehead atoms. The fraction of sp³-hybridized carbons (Fsp3) is 0.304. The molecule has 11 heteroatoms. The number of anilines is 2. The molecule has 0 saturated carbocycles. The van der Waals surface area contributed by atoms with Gasteiger partial charge in [-0.1, -0.05) is 11.3 Å². The lowest BCUT2D eigenvalue weighted by atomic mass is 10.2. The maximum absolute atomic E-state index is 12.9. The molecule has 10 nitrogen and oxygen atoms in total. The predicted octanol–water partition coefficient (Wildman–Crippen LogP) is 4.29. The van der Waals surface area contributed by atoms with Crippen molar-refractivity contribution in [2.75, 3.05) is 30.6 Å². The number of ether oxygens (including phenoxy) is 3. The van der Waals surface area contributed by atoms with Gasteiger partial charge in [0, 0.05) is 24.0 Å². The van der Waals surface area contributed by atoms with Crippen LogP contribution in [0.25, 0.3) is 0 Å². The third-order valence-electron chi connectivity index (χ3n) is 5.48. The first-order chi connectivity index (χ1) is 16.6. The normalized spacial score (nSPS) is 16.4. The van der Waals surface area contributed by atoms with Crippen LogP contribution in [0.1, 0.15) is 40.6 Å². The van der Waals surface area contributed by atoms with Crippen LogP contribution >= 0.6 is 11.3 Å². The summed E-state index contributed by atoms with van der Waals surface area (Å²) in [4.78, 5) is 27.3. The monoisotopic (exact) mass is 481 g/mol. The third-order valence-corrected chi connectivity index (χ3v) is 6.50. The van der Waals surface area contributed by atoms with Crippen molar-refractivity contribution in [3.05, 3.63) is 52.5 Å². The van der Waals surface area contributed by atoms with E-state index in [9.17, 15) is 9.59 Å². The molecule has 2 N–H and O–H groups in total. The molecule has 0 spiro atoms. The van der Waals surface area contributed by atoms with Crippen molar-refractivity contribution < 1.29 is 23.8 Å². The number of benzene rings is 2. The summed E-state index contributed by atoms with van der Waals surface area (Å²) in [6.45, 7) is 3.27. The standard InChI is InChI=1S/C23H23N5O5S/c1-2-31-16-8-5-14(6-9-16)25-23(30)28-11-3-4-17(28)21-26-27-22(34-21)20(29)24-15-7-10-18-19(12-15)33-13-32-18/h5-10,12,17H,2-4,11,13H2,1H3,(H,24,29)(H,25,30). The second-order valence-electron chi connectivity index (χ2n) is 7.71. The Morgan fingerprint density at radius 1 is 1.09 bits per heavy atom. The Balaban J connectivity index is 1.23. The fourth-order valence-electron chi connectivity index (χ4n) is 3.88. The Labute approximate surface area is 199 Å². The topological polar surface area (TPSA) is 115 Å². The van der Waals surface area contributed by atoms with Gasteiger partial charge in [-0.3, -0.25) is 4.79 Å². The highest BCUT2D eigenvalue weighted by atomic mass is 32.1. The highest BCUT2D eigenvalue weighted by molar-refractivity contribution is 7.13. The van der Waals surface area contributed by atoms with Gasteiger partial charge in [0.25, 0.3) is 5.91 Å². The zero-order chi connectivity index (χ0) is 23.5. The molecular weight excluding hydrogens is 458 g/mol. The van der Waals surface area contributed by atoms with Gasteiger partial charge in [-0.15, -0.1) is 10.2 Å². The van der Waals surface area contributed by atoms with Gasteiger partial charge in [0.1, 0.15) is 10.8 Å². The highest BCUT2D eigenvalue weighted by Crippen LogP contribution is 2.36. The summed E-state index contributed by atoms with van der Waals surface area (Å²) >= 11 is 1.19. The first-order valence-electron chi connectivity index (χ1n) is 11.0. The van der Waals surface area contributed by atoms with E-state index in [1.165, 1.54) is 11.3 Å². The van der Waals surface area contributed by atoms with Crippen LogP contribution in [0.3, 0.4) is 0 Å². The predicted molar refractivity (Wildman–Crippen MR) is 126 cm³/mol. The van der Waals surface area contributed by atoms with Crippen LogP contribution in [0.4, 0.5) is 16.2 Å². The maximum Gasteiger partial charge on any atom is 0.322 e. The minimum absolute atomic E-state index is 0.163. The van der Waals surface area contributed by atoms with Gasteiger partial charge < -0.3 is 29.7 Å². The van der Waals surface area contributed by atoms with Crippen molar-refractivity contribution in [2.24, 2.45) is 0 Å². The number of fused-ring (bicyclic) bond motifs is 1. The number of carbonyl (C=O) groups is 2. The molecule has 1 fully saturated rings. The lowest BCUT2D eigenvalue weighted by molar-refractivity contribution is 0.102. The van der Waals surface area contributed by atoms with Crippen molar-refractivity contribution >= 4 is 34.6 Å². The Hall–Kier alpha value is -3.86. The van der Waals surface area contributed by atoms with Crippen LogP contribution in [0.15, 0.2) is 42.5 Å². The van der Waals surface area contributed by atoms with E-state index in [-0.39, 0.29) is 29.8 Å². The molecule has 3 amide bonds. The van der Waals surface area contributed by atoms with Crippen molar-refractivity contribution in [3.63, 3.8) is 0 Å². The summed E-state index contributed by atoms with van der Waals surface area (Å²) in [6, 6.07) is 12.0. The molecule has 2 aromatic carbocycles. The summed E-state index contributed by atoms with van der Waals surface area (Å²) in [5, 5.41) is 14.9. The van der Waals surface area contributed by atoms with Crippen LogP contribution in [-0.4, -0.2) is 47.0 Å². The average molecular weight is 482 g/mol. The zero-order valence-electron chi connectivity index (χ0n) is 18.4. The number of hydrogen-bond donors (Lipinski definition) is 2. The third kappa shape index (κ3) is 4.60. The van der Waals surface area contributed by atoms with E-state index in [1.54, 1.807) is 35.2 Å². The smallest absolute Gasteiger partial charge is 0.322 e. The van der Waals surface area contributed by atoms with Crippen molar-refractivity contribution in [1.29, 1.82) is 0 Å². The van der Waals surface area contributed by atoms with E-state index in [2.05, 4.69) is 20.8 Å². The molecule has 1 aromatic heterocycles. The van der Waals surface area contributed by atoms with E-state index in [1.807, 2.05) is 19.1 Å². The van der Waals surface area contributed by atoms with Crippen molar-refractivity contribution in [1.82, 2.24) is 15.1 Å². The average Bonchev–Trinajstić information content (AvgIpc) is 3.60. The largest absolute Gasteiger partial charge is 0.494 e. The molecule has 1 unspecified atom stereocenters. The number of urea groups is 1. The van der Waals surface area contributed by atoms with E-state index in [0.717, 1.165) is 18.6 Å². The van der Waals surface area contributed by atoms with E-state index >= 15 is 0 Å². The molecule has 0 radical (unpaired) electrons. The van der Waals surface area contributed by atoms with Gasteiger partial charge >= 0.3 is 6.03 Å². The van der Waals surface area contributed by atoms with Crippen LogP contribution in [0.2, 0.25) is 0 Å². The zero-order valence-corrected chi connectivity index (χ0v) is 19.3. The Kier molecular flexibility index (Phi) is 6.17. The van der Waals surface area contributed by atoms with E-state index in [0.29, 0.717) is 41.0 Å². The number of carbonyl (C=O) groups excluding carboxylic acids is 2. The van der Waals surface area contributed by atoms with Crippen LogP contribution < -0.4 is 24.8 Å². The lowest BCUT2D eigenvalue weighted by Crippen LogP contribution is -2.34. The number of likely N-dealkylation sites (tertiary alicyclic amines) is 1. The van der Waals surface area contributed by atoms with Crippen LogP contribution in [0.5, 0.6) is 17.2 Å². The van der Waals surface area contributed by atoms with E-state index in [4.69, 9.17) is 14.2 Å². The van der Waals surface area contributed by atoms with Crippen LogP contribution in [-0.2, 0) is 0 Å². The number of aromatic nitrogens is 2. The number of nitrogens with zero attached hydrogens (tertiary/aromatic N) is 3. The SMILES string of the molecule is CCOc1ccc(NC(=O)N2CCCC2c2nnc(C(=O)Nc3ccc4c(c3)OCO4)s2)cc1. The van der Waals surface area contributed by atoms with Gasteiger partial charge in [0.05, 0.1) is 12.6 Å². The molecule has 176 valence electrons. The molecular formula is C23H23N5O5S. The molecule has 34 heavy (non-hydrogen) atoms. The fourth-order valence-corrected chi connectivity index (χ4v) is 4.77. The molecule has 2 aliphatic heterocycles. The summed E-state index contributed by atoms with van der Waals surface area (Å²) < 4.78 is 16.1. The second-order valence-corrected chi connectivity index (χ2v) is 8.72. The van der Waals surface area contributed by atoms with Gasteiger partial charge in [-0.2, -0.15) is 0 Å². The quantitative estimate of drug-likeness (QED) is 0.540. The Bertz CT molecular complexity index is 1200. The molecule has 1 atom stereocenters. The minimum Gasteiger partial charge on any atom is -0.494 e. The highest BCUT2D eigenvalue weighted by Gasteiger charge is 2.33. The maximum atomic E-state index is 12.9. The number of hydrogen-bond acceptors (Lipinski definition) is 8. The van der Waals surface area contributed by atoms with Gasteiger partial charge in [-0.25, -0.2) is 4.79 Å². The Morgan fingerprint density at radius 3 is 2.71 bits per heavy atom. The number of nitrogens with one attached hydrogen (secondary N) is 2. The van der Waals surface area contributed by atoms with Crippen LogP contribution in [0, 0.1) is 0 Å². The molecule has 3 aromatic rings. The van der Waals surface area contributed by atoms with Crippen molar-refractivity contribution in [3.8, 4) is 17.2 Å². The molecule has 5 rings (SSSR count). The summed E-state index contributed by atoms with van der Waals surface area (Å²) in [5.41, 5.74) is 1.25. The molecule has 1 saturated heterocycles. The molecule has 2 aliphatic rings. The first kappa shape index (κ1) is 22.0. The van der Waals surface area contributed by atoms with Gasteiger partial charge in [0.2, 0.25) is 11.8 Å². The summed E-state index contributed by atoms with van der Waals surface area (Å²) in [5.74, 6) is 1.60. The Morgan fingerprint density at radius 2 is 1.88 bits per heavy atom. The van der Waals surface area contributed by atoms with Gasteiger partial charge in [-0.05, 0) is 56.2 Å². The summed E-state index contributed by atoms with van der Waals surface area (Å²) in [6.07, 6.45) is 1.61. The van der Waals surface area contributed by atoms with Crippen molar-refractivity contribution in [2.45, 2.75) is 25.8 Å². The number of rotatable bonds is 6. The number of amides is 3.